The lowest BCUT2D eigenvalue weighted by atomic mass is 10.1. The first-order valence-corrected chi connectivity index (χ1v) is 10.8. The molecule has 1 aliphatic heterocycles. The smallest absolute Gasteiger partial charge is 0.265 e. The zero-order chi connectivity index (χ0) is 24.1. The summed E-state index contributed by atoms with van der Waals surface area (Å²) in [5, 5.41) is 2.85. The van der Waals surface area contributed by atoms with Gasteiger partial charge in [0.15, 0.2) is 18.1 Å². The summed E-state index contributed by atoms with van der Waals surface area (Å²) < 4.78 is 21.9. The van der Waals surface area contributed by atoms with Gasteiger partial charge in [-0.1, -0.05) is 12.1 Å². The van der Waals surface area contributed by atoms with Gasteiger partial charge in [0.2, 0.25) is 0 Å². The molecule has 0 radical (unpaired) electrons. The normalized spacial score (nSPS) is 12.4. The Bertz CT molecular complexity index is 1210. The summed E-state index contributed by atoms with van der Waals surface area (Å²) in [4.78, 5) is 26.8. The number of methoxy groups -OCH3 is 2. The molecule has 3 aromatic rings. The molecule has 0 saturated carbocycles. The second-order valence-corrected chi connectivity index (χ2v) is 7.71. The highest BCUT2D eigenvalue weighted by molar-refractivity contribution is 6.05. The van der Waals surface area contributed by atoms with Gasteiger partial charge >= 0.3 is 0 Å². The maximum atomic E-state index is 12.7. The summed E-state index contributed by atoms with van der Waals surface area (Å²) in [5.41, 5.74) is 2.70. The Morgan fingerprint density at radius 1 is 1.03 bits per heavy atom. The van der Waals surface area contributed by atoms with E-state index >= 15 is 0 Å². The van der Waals surface area contributed by atoms with Crippen LogP contribution in [0.4, 0.5) is 11.4 Å². The average molecular weight is 463 g/mol. The molecule has 0 spiro atoms. The predicted molar refractivity (Wildman–Crippen MR) is 128 cm³/mol. The minimum atomic E-state index is -0.309. The fraction of sp³-hybridized carbons (Fsp3) is 0.231. The number of nitrogens with zero attached hydrogens (tertiary/aromatic N) is 1. The van der Waals surface area contributed by atoms with Gasteiger partial charge < -0.3 is 29.2 Å². The van der Waals surface area contributed by atoms with E-state index in [2.05, 4.69) is 5.32 Å². The Labute approximate surface area is 198 Å². The van der Waals surface area contributed by atoms with E-state index in [0.717, 1.165) is 11.3 Å². The number of hydrogen-bond acceptors (Lipinski definition) is 6. The van der Waals surface area contributed by atoms with Crippen LogP contribution in [0.2, 0.25) is 0 Å². The fourth-order valence-corrected chi connectivity index (χ4v) is 3.67. The van der Waals surface area contributed by atoms with Gasteiger partial charge in [0.05, 0.1) is 26.5 Å². The quantitative estimate of drug-likeness (QED) is 0.543. The van der Waals surface area contributed by atoms with Crippen molar-refractivity contribution in [2.45, 2.75) is 6.92 Å². The third-order valence-electron chi connectivity index (χ3n) is 5.38. The molecule has 2 amide bonds. The Kier molecular flexibility index (Phi) is 6.87. The van der Waals surface area contributed by atoms with E-state index in [4.69, 9.17) is 18.9 Å². The lowest BCUT2D eigenvalue weighted by Crippen LogP contribution is -2.41. The molecule has 176 valence electrons. The highest BCUT2D eigenvalue weighted by Crippen LogP contribution is 2.35. The molecule has 3 aromatic carbocycles. The highest BCUT2D eigenvalue weighted by atomic mass is 16.5. The van der Waals surface area contributed by atoms with E-state index in [9.17, 15) is 9.59 Å². The first-order chi connectivity index (χ1) is 16.5. The van der Waals surface area contributed by atoms with Crippen LogP contribution in [0.3, 0.4) is 0 Å². The number of fused-ring (bicyclic) bond motifs is 1. The number of amides is 2. The minimum absolute atomic E-state index is 0.0788. The minimum Gasteiger partial charge on any atom is -0.493 e. The van der Waals surface area contributed by atoms with Crippen molar-refractivity contribution < 1.29 is 28.5 Å². The molecule has 8 nitrogen and oxygen atoms in total. The van der Waals surface area contributed by atoms with Crippen molar-refractivity contribution in [1.29, 1.82) is 0 Å². The van der Waals surface area contributed by atoms with Crippen LogP contribution >= 0.6 is 0 Å². The van der Waals surface area contributed by atoms with Crippen LogP contribution in [-0.2, 0) is 4.79 Å². The summed E-state index contributed by atoms with van der Waals surface area (Å²) in [6.45, 7) is 2.63. The molecule has 4 rings (SSSR count). The summed E-state index contributed by atoms with van der Waals surface area (Å²) in [6, 6.07) is 17.9. The van der Waals surface area contributed by atoms with Gasteiger partial charge in [0, 0.05) is 17.3 Å². The van der Waals surface area contributed by atoms with Crippen molar-refractivity contribution in [2.75, 3.05) is 44.2 Å². The lowest BCUT2D eigenvalue weighted by molar-refractivity contribution is -0.121. The summed E-state index contributed by atoms with van der Waals surface area (Å²) in [6.07, 6.45) is 0. The Morgan fingerprint density at radius 3 is 2.62 bits per heavy atom. The average Bonchev–Trinajstić information content (AvgIpc) is 2.85. The molecule has 0 atom stereocenters. The van der Waals surface area contributed by atoms with Crippen LogP contribution in [0.5, 0.6) is 23.0 Å². The predicted octanol–water partition coefficient (Wildman–Crippen LogP) is 4.07. The Morgan fingerprint density at radius 2 is 1.85 bits per heavy atom. The molecule has 0 aromatic heterocycles. The van der Waals surface area contributed by atoms with Gasteiger partial charge in [0.25, 0.3) is 11.8 Å². The molecule has 1 heterocycles. The van der Waals surface area contributed by atoms with Crippen molar-refractivity contribution in [2.24, 2.45) is 0 Å². The molecule has 34 heavy (non-hydrogen) atoms. The van der Waals surface area contributed by atoms with Gasteiger partial charge in [-0.2, -0.15) is 0 Å². The van der Waals surface area contributed by atoms with Crippen molar-refractivity contribution in [3.05, 3.63) is 71.8 Å². The molecule has 0 saturated heterocycles. The van der Waals surface area contributed by atoms with Crippen molar-refractivity contribution in [1.82, 2.24) is 0 Å². The molecular formula is C26H26N2O6. The van der Waals surface area contributed by atoms with Crippen molar-refractivity contribution >= 4 is 23.2 Å². The Balaban J connectivity index is 1.44. The molecule has 0 bridgehead atoms. The molecule has 8 heteroatoms. The molecule has 0 fully saturated rings. The second kappa shape index (κ2) is 10.2. The standard InChI is InChI=1S/C26H26N2O6/c1-17-5-4-6-20(13-17)33-12-11-28-21-9-8-19(15-23(21)34-16-25(28)29)27-26(30)18-7-10-22(31-2)24(14-18)32-3/h4-10,13-15H,11-12,16H2,1-3H3,(H,27,30). The number of carbonyl (C=O) groups is 2. The second-order valence-electron chi connectivity index (χ2n) is 7.71. The van der Waals surface area contributed by atoms with Crippen molar-refractivity contribution in [3.63, 3.8) is 0 Å². The van der Waals surface area contributed by atoms with E-state index in [1.807, 2.05) is 31.2 Å². The van der Waals surface area contributed by atoms with Gasteiger partial charge in [-0.3, -0.25) is 9.59 Å². The van der Waals surface area contributed by atoms with Gasteiger partial charge in [-0.15, -0.1) is 0 Å². The largest absolute Gasteiger partial charge is 0.493 e. The maximum Gasteiger partial charge on any atom is 0.265 e. The number of rotatable bonds is 8. The van der Waals surface area contributed by atoms with E-state index in [1.54, 1.807) is 41.3 Å². The monoisotopic (exact) mass is 462 g/mol. The number of benzene rings is 3. The van der Waals surface area contributed by atoms with Gasteiger partial charge in [-0.05, 0) is 55.0 Å². The summed E-state index contributed by atoms with van der Waals surface area (Å²) >= 11 is 0. The van der Waals surface area contributed by atoms with Crippen LogP contribution in [0.1, 0.15) is 15.9 Å². The van der Waals surface area contributed by atoms with E-state index < -0.39 is 0 Å². The number of nitrogens with one attached hydrogen (secondary N) is 1. The molecule has 1 aliphatic rings. The fourth-order valence-electron chi connectivity index (χ4n) is 3.67. The first-order valence-electron chi connectivity index (χ1n) is 10.8. The molecule has 0 aliphatic carbocycles. The van der Waals surface area contributed by atoms with E-state index in [1.165, 1.54) is 14.2 Å². The van der Waals surface area contributed by atoms with Crippen molar-refractivity contribution in [3.8, 4) is 23.0 Å². The highest BCUT2D eigenvalue weighted by Gasteiger charge is 2.26. The summed E-state index contributed by atoms with van der Waals surface area (Å²) in [5.74, 6) is 1.82. The number of anilines is 2. The maximum absolute atomic E-state index is 12.7. The molecule has 0 unspecified atom stereocenters. The zero-order valence-electron chi connectivity index (χ0n) is 19.3. The van der Waals surface area contributed by atoms with Crippen LogP contribution in [0.25, 0.3) is 0 Å². The van der Waals surface area contributed by atoms with Crippen LogP contribution in [-0.4, -0.2) is 45.8 Å². The third-order valence-corrected chi connectivity index (χ3v) is 5.38. The molecular weight excluding hydrogens is 436 g/mol. The Hall–Kier alpha value is -4.20. The summed E-state index contributed by atoms with van der Waals surface area (Å²) in [7, 11) is 3.05. The van der Waals surface area contributed by atoms with Crippen LogP contribution in [0.15, 0.2) is 60.7 Å². The topological polar surface area (TPSA) is 86.3 Å². The van der Waals surface area contributed by atoms with E-state index in [-0.39, 0.29) is 18.4 Å². The third kappa shape index (κ3) is 5.06. The lowest BCUT2D eigenvalue weighted by Gasteiger charge is -2.29. The van der Waals surface area contributed by atoms with Crippen LogP contribution < -0.4 is 29.2 Å². The van der Waals surface area contributed by atoms with Gasteiger partial charge in [0.1, 0.15) is 18.1 Å². The number of ether oxygens (including phenoxy) is 4. The van der Waals surface area contributed by atoms with Gasteiger partial charge in [-0.25, -0.2) is 0 Å². The molecule has 1 N–H and O–H groups in total. The number of aryl methyl sites for hydroxylation is 1. The zero-order valence-corrected chi connectivity index (χ0v) is 19.3. The first kappa shape index (κ1) is 23.0. The SMILES string of the molecule is COc1ccc(C(=O)Nc2ccc3c(c2)OCC(=O)N3CCOc2cccc(C)c2)cc1OC. The van der Waals surface area contributed by atoms with E-state index in [0.29, 0.717) is 47.3 Å². The number of carbonyl (C=O) groups excluding carboxylic acids is 2. The number of hydrogen-bond donors (Lipinski definition) is 1. The van der Waals surface area contributed by atoms with Crippen LogP contribution in [0, 0.1) is 6.92 Å².